The van der Waals surface area contributed by atoms with Gasteiger partial charge in [-0.3, -0.25) is 9.59 Å². The summed E-state index contributed by atoms with van der Waals surface area (Å²) < 4.78 is 21.9. The first kappa shape index (κ1) is 28.0. The highest BCUT2D eigenvalue weighted by molar-refractivity contribution is 6.04. The molecule has 0 amide bonds. The van der Waals surface area contributed by atoms with Crippen molar-refractivity contribution in [3.8, 4) is 11.3 Å². The van der Waals surface area contributed by atoms with Crippen LogP contribution in [0.5, 0.6) is 0 Å². The first-order valence-corrected chi connectivity index (χ1v) is 13.9. The van der Waals surface area contributed by atoms with E-state index in [1.54, 1.807) is 12.1 Å². The van der Waals surface area contributed by atoms with Gasteiger partial charge in [0.15, 0.2) is 5.41 Å². The molecule has 3 aromatic carbocycles. The van der Waals surface area contributed by atoms with E-state index in [9.17, 15) is 14.4 Å². The Labute approximate surface area is 249 Å². The molecule has 1 aromatic heterocycles. The lowest BCUT2D eigenvalue weighted by molar-refractivity contribution is -0.169. The molecule has 1 heterocycles. The number of ether oxygens (including phenoxy) is 3. The second-order valence-corrected chi connectivity index (χ2v) is 10.7. The zero-order valence-corrected chi connectivity index (χ0v) is 24.1. The molecule has 43 heavy (non-hydrogen) atoms. The maximum absolute atomic E-state index is 13.3. The van der Waals surface area contributed by atoms with Gasteiger partial charge in [-0.2, -0.15) is 0 Å². The molecular formula is C36H30O7. The summed E-state index contributed by atoms with van der Waals surface area (Å²) in [5, 5.41) is 0. The van der Waals surface area contributed by atoms with Gasteiger partial charge in [-0.1, -0.05) is 84.9 Å². The number of furan rings is 1. The van der Waals surface area contributed by atoms with Crippen LogP contribution in [0.2, 0.25) is 0 Å². The molecule has 7 heteroatoms. The summed E-state index contributed by atoms with van der Waals surface area (Å²) in [5.74, 6) is -0.837. The average molecular weight is 575 g/mol. The van der Waals surface area contributed by atoms with Gasteiger partial charge < -0.3 is 18.6 Å². The van der Waals surface area contributed by atoms with Gasteiger partial charge in [0.05, 0.1) is 26.9 Å². The predicted octanol–water partition coefficient (Wildman–Crippen LogP) is 6.62. The van der Waals surface area contributed by atoms with Crippen molar-refractivity contribution in [3.63, 3.8) is 0 Å². The number of esters is 3. The predicted molar refractivity (Wildman–Crippen MR) is 161 cm³/mol. The Balaban J connectivity index is 1.65. The Bertz CT molecular complexity index is 1740. The minimum absolute atomic E-state index is 0.00349. The van der Waals surface area contributed by atoms with Crippen molar-refractivity contribution in [1.82, 2.24) is 0 Å². The third kappa shape index (κ3) is 4.67. The summed E-state index contributed by atoms with van der Waals surface area (Å²) in [5.41, 5.74) is 5.24. The minimum Gasteiger partial charge on any atom is -0.468 e. The smallest absolute Gasteiger partial charge is 0.337 e. The molecule has 1 atom stereocenters. The number of methoxy groups -OCH3 is 3. The third-order valence-electron chi connectivity index (χ3n) is 8.32. The van der Waals surface area contributed by atoms with Crippen molar-refractivity contribution < 1.29 is 33.0 Å². The van der Waals surface area contributed by atoms with Crippen molar-refractivity contribution in [1.29, 1.82) is 0 Å². The fourth-order valence-corrected chi connectivity index (χ4v) is 6.32. The summed E-state index contributed by atoms with van der Waals surface area (Å²) in [6, 6.07) is 27.3. The van der Waals surface area contributed by atoms with E-state index in [0.717, 1.165) is 39.0 Å². The number of carbonyl (C=O) groups excluding carboxylic acids is 3. The Kier molecular flexibility index (Phi) is 7.32. The first-order valence-electron chi connectivity index (χ1n) is 13.9. The van der Waals surface area contributed by atoms with Gasteiger partial charge in [0, 0.05) is 35.4 Å². The molecule has 7 nitrogen and oxygen atoms in total. The normalized spacial score (nSPS) is 16.6. The maximum atomic E-state index is 13.3. The first-order chi connectivity index (χ1) is 20.9. The Morgan fingerprint density at radius 1 is 0.721 bits per heavy atom. The van der Waals surface area contributed by atoms with E-state index in [2.05, 4.69) is 12.1 Å². The van der Waals surface area contributed by atoms with Crippen molar-refractivity contribution >= 4 is 29.1 Å². The van der Waals surface area contributed by atoms with Crippen LogP contribution in [0.4, 0.5) is 0 Å². The summed E-state index contributed by atoms with van der Waals surface area (Å²) in [7, 11) is 3.90. The summed E-state index contributed by atoms with van der Waals surface area (Å²) >= 11 is 0. The third-order valence-corrected chi connectivity index (χ3v) is 8.32. The molecule has 0 saturated heterocycles. The zero-order valence-electron chi connectivity index (χ0n) is 24.1. The number of hydrogen-bond acceptors (Lipinski definition) is 7. The molecule has 2 aliphatic carbocycles. The molecule has 1 unspecified atom stereocenters. The van der Waals surface area contributed by atoms with E-state index in [-0.39, 0.29) is 18.8 Å². The van der Waals surface area contributed by atoms with E-state index in [4.69, 9.17) is 18.6 Å². The summed E-state index contributed by atoms with van der Waals surface area (Å²) in [6.45, 7) is 0. The monoisotopic (exact) mass is 574 g/mol. The van der Waals surface area contributed by atoms with Crippen LogP contribution in [-0.4, -0.2) is 39.2 Å². The SMILES string of the molecule is COC(=O)c1ccc(C2=CC=C3CC(C(=O)OC)(C(=O)OC)Cc4oc(-c5ccccc5)c(c43)C2c2ccccc2)cc1. The van der Waals surface area contributed by atoms with Gasteiger partial charge in [0.2, 0.25) is 0 Å². The standard InChI is InChI=1S/C36H30O7/c1-40-33(37)25-16-14-22(15-17-25)27-19-18-26-20-36(34(38)41-2,35(39)42-3)21-28-30(26)31(29(27)23-10-6-4-7-11-23)32(43-28)24-12-8-5-9-13-24/h4-19,29H,20-21H2,1-3H3. The van der Waals surface area contributed by atoms with Gasteiger partial charge in [0.25, 0.3) is 0 Å². The topological polar surface area (TPSA) is 92.0 Å². The van der Waals surface area contributed by atoms with Crippen LogP contribution < -0.4 is 0 Å². The van der Waals surface area contributed by atoms with Crippen LogP contribution in [-0.2, 0) is 30.2 Å². The highest BCUT2D eigenvalue weighted by Gasteiger charge is 2.54. The van der Waals surface area contributed by atoms with Crippen LogP contribution in [0.15, 0.2) is 101 Å². The van der Waals surface area contributed by atoms with Gasteiger partial charge >= 0.3 is 17.9 Å². The molecule has 4 aromatic rings. The van der Waals surface area contributed by atoms with Crippen LogP contribution >= 0.6 is 0 Å². The molecule has 0 radical (unpaired) electrons. The number of hydrogen-bond donors (Lipinski definition) is 0. The molecule has 0 fully saturated rings. The molecule has 0 saturated carbocycles. The second kappa shape index (κ2) is 11.2. The van der Waals surface area contributed by atoms with Crippen molar-refractivity contribution in [3.05, 3.63) is 131 Å². The highest BCUT2D eigenvalue weighted by atomic mass is 16.5. The van der Waals surface area contributed by atoms with Gasteiger partial charge in [-0.15, -0.1) is 0 Å². The van der Waals surface area contributed by atoms with Crippen molar-refractivity contribution in [2.75, 3.05) is 21.3 Å². The van der Waals surface area contributed by atoms with Gasteiger partial charge in [-0.25, -0.2) is 4.79 Å². The summed E-state index contributed by atoms with van der Waals surface area (Å²) in [4.78, 5) is 38.7. The number of allylic oxidation sites excluding steroid dienone is 4. The quantitative estimate of drug-likeness (QED) is 0.145. The largest absolute Gasteiger partial charge is 0.468 e. The van der Waals surface area contributed by atoms with Crippen LogP contribution in [0.25, 0.3) is 22.5 Å². The average Bonchev–Trinajstić information content (AvgIpc) is 3.35. The van der Waals surface area contributed by atoms with Gasteiger partial charge in [0.1, 0.15) is 11.5 Å². The fourth-order valence-electron chi connectivity index (χ4n) is 6.32. The van der Waals surface area contributed by atoms with Crippen LogP contribution in [0.1, 0.15) is 50.7 Å². The van der Waals surface area contributed by atoms with Crippen LogP contribution in [0, 0.1) is 5.41 Å². The molecule has 2 aliphatic rings. The molecule has 216 valence electrons. The van der Waals surface area contributed by atoms with Crippen LogP contribution in [0.3, 0.4) is 0 Å². The molecule has 0 bridgehead atoms. The minimum atomic E-state index is -1.59. The molecule has 0 N–H and O–H groups in total. The van der Waals surface area contributed by atoms with Crippen molar-refractivity contribution in [2.24, 2.45) is 5.41 Å². The van der Waals surface area contributed by atoms with E-state index >= 15 is 0 Å². The molecule has 6 rings (SSSR count). The lowest BCUT2D eigenvalue weighted by Gasteiger charge is -2.32. The lowest BCUT2D eigenvalue weighted by Crippen LogP contribution is -2.45. The van der Waals surface area contributed by atoms with Crippen molar-refractivity contribution in [2.45, 2.75) is 18.8 Å². The van der Waals surface area contributed by atoms with E-state index in [1.807, 2.05) is 72.8 Å². The second-order valence-electron chi connectivity index (χ2n) is 10.7. The summed E-state index contributed by atoms with van der Waals surface area (Å²) in [6.07, 6.45) is 4.08. The number of rotatable bonds is 6. The van der Waals surface area contributed by atoms with E-state index in [1.165, 1.54) is 21.3 Å². The molecular weight excluding hydrogens is 544 g/mol. The van der Waals surface area contributed by atoms with Gasteiger partial charge in [-0.05, 0) is 34.4 Å². The zero-order chi connectivity index (χ0) is 30.1. The Morgan fingerprint density at radius 3 is 1.95 bits per heavy atom. The molecule has 0 aliphatic heterocycles. The maximum Gasteiger partial charge on any atom is 0.337 e. The molecule has 0 spiro atoms. The van der Waals surface area contributed by atoms with E-state index in [0.29, 0.717) is 17.1 Å². The van der Waals surface area contributed by atoms with E-state index < -0.39 is 23.3 Å². The Hall–Kier alpha value is -5.17. The Morgan fingerprint density at radius 2 is 1.35 bits per heavy atom. The lowest BCUT2D eigenvalue weighted by atomic mass is 9.69. The number of carbonyl (C=O) groups is 3. The fraction of sp³-hybridized carbons (Fsp3) is 0.194. The number of benzene rings is 3. The highest BCUT2D eigenvalue weighted by Crippen LogP contribution is 2.55.